The van der Waals surface area contributed by atoms with Crippen LogP contribution in [0.25, 0.3) is 0 Å². The molecule has 0 fully saturated rings. The summed E-state index contributed by atoms with van der Waals surface area (Å²) < 4.78 is 5.30. The van der Waals surface area contributed by atoms with Gasteiger partial charge in [0.05, 0.1) is 35.5 Å². The van der Waals surface area contributed by atoms with E-state index in [1.165, 1.54) is 17.3 Å². The Bertz CT molecular complexity index is 1300. The zero-order chi connectivity index (χ0) is 26.7. The fraction of sp³-hybridized carbons (Fsp3) is 0.367. The van der Waals surface area contributed by atoms with E-state index in [2.05, 4.69) is 44.4 Å². The molecule has 7 heteroatoms. The van der Waals surface area contributed by atoms with Gasteiger partial charge in [-0.15, -0.1) is 0 Å². The Labute approximate surface area is 223 Å². The molecule has 192 valence electrons. The average Bonchev–Trinajstić information content (AvgIpc) is 2.86. The van der Waals surface area contributed by atoms with E-state index in [1.54, 1.807) is 7.11 Å². The quantitative estimate of drug-likeness (QED) is 0.453. The van der Waals surface area contributed by atoms with Crippen molar-refractivity contribution in [1.29, 1.82) is 5.26 Å². The number of hydrogen-bond acceptors (Lipinski definition) is 6. The van der Waals surface area contributed by atoms with Gasteiger partial charge >= 0.3 is 0 Å². The van der Waals surface area contributed by atoms with Crippen LogP contribution in [-0.2, 0) is 9.59 Å². The maximum Gasteiger partial charge on any atom is 0.234 e. The molecule has 2 N–H and O–H groups in total. The molecule has 0 spiro atoms. The van der Waals surface area contributed by atoms with Crippen LogP contribution in [0.1, 0.15) is 63.5 Å². The largest absolute Gasteiger partial charge is 0.497 e. The van der Waals surface area contributed by atoms with Crippen molar-refractivity contribution in [3.05, 3.63) is 81.5 Å². The van der Waals surface area contributed by atoms with Gasteiger partial charge in [-0.25, -0.2) is 0 Å². The molecular formula is C30H33N3O3S. The molecule has 4 rings (SSSR count). The topological polar surface area (TPSA) is 91.2 Å². The predicted molar refractivity (Wildman–Crippen MR) is 148 cm³/mol. The molecule has 0 unspecified atom stereocenters. The second-order valence-corrected chi connectivity index (χ2v) is 11.6. The van der Waals surface area contributed by atoms with Crippen molar-refractivity contribution in [2.75, 3.05) is 18.2 Å². The Morgan fingerprint density at radius 3 is 2.43 bits per heavy atom. The van der Waals surface area contributed by atoms with Gasteiger partial charge in [-0.05, 0) is 53.1 Å². The summed E-state index contributed by atoms with van der Waals surface area (Å²) >= 11 is 1.29. The second-order valence-electron chi connectivity index (χ2n) is 10.6. The van der Waals surface area contributed by atoms with Crippen molar-refractivity contribution in [3.63, 3.8) is 0 Å². The van der Waals surface area contributed by atoms with Crippen molar-refractivity contribution in [3.8, 4) is 11.8 Å². The number of carbonyl (C=O) groups excluding carboxylic acids is 2. The van der Waals surface area contributed by atoms with Gasteiger partial charge in [0.15, 0.2) is 5.78 Å². The normalized spacial score (nSPS) is 18.7. The van der Waals surface area contributed by atoms with Gasteiger partial charge in [-0.3, -0.25) is 9.59 Å². The number of carbonyl (C=O) groups is 2. The third-order valence-corrected chi connectivity index (χ3v) is 7.80. The number of Topliss-reactive ketones (excluding diaryl/α,β-unsaturated/α-hetero) is 1. The van der Waals surface area contributed by atoms with E-state index in [0.29, 0.717) is 40.7 Å². The number of nitrogens with zero attached hydrogens (tertiary/aromatic N) is 1. The molecular weight excluding hydrogens is 482 g/mol. The predicted octanol–water partition coefficient (Wildman–Crippen LogP) is 6.26. The standard InChI is InChI=1S/C30H33N3O3S/c1-18(2)19-6-10-21(11-7-19)32-26(35)17-37-29-23(16-31)27(20-8-12-22(36-5)13-9-20)28-24(33-29)14-30(3,4)15-25(28)34/h6-13,18,27,33H,14-15,17H2,1-5H3,(H,32,35)/t27-/m0/s1. The molecule has 0 saturated carbocycles. The Morgan fingerprint density at radius 2 is 1.84 bits per heavy atom. The lowest BCUT2D eigenvalue weighted by atomic mass is 9.69. The van der Waals surface area contributed by atoms with Crippen LogP contribution in [0, 0.1) is 16.7 Å². The van der Waals surface area contributed by atoms with Crippen molar-refractivity contribution < 1.29 is 14.3 Å². The third-order valence-electron chi connectivity index (χ3n) is 6.78. The number of nitriles is 1. The lowest BCUT2D eigenvalue weighted by Gasteiger charge is -2.39. The molecule has 0 radical (unpaired) electrons. The summed E-state index contributed by atoms with van der Waals surface area (Å²) in [6.07, 6.45) is 1.12. The highest BCUT2D eigenvalue weighted by Gasteiger charge is 2.42. The van der Waals surface area contributed by atoms with E-state index in [-0.39, 0.29) is 22.9 Å². The molecule has 1 heterocycles. The van der Waals surface area contributed by atoms with E-state index in [0.717, 1.165) is 16.9 Å². The van der Waals surface area contributed by atoms with Crippen LogP contribution in [0.2, 0.25) is 0 Å². The number of ether oxygens (including phenoxy) is 1. The molecule has 0 bridgehead atoms. The van der Waals surface area contributed by atoms with Crippen LogP contribution in [0.3, 0.4) is 0 Å². The maximum absolute atomic E-state index is 13.3. The summed E-state index contributed by atoms with van der Waals surface area (Å²) in [4.78, 5) is 26.1. The molecule has 2 aliphatic rings. The highest BCUT2D eigenvalue weighted by molar-refractivity contribution is 8.03. The van der Waals surface area contributed by atoms with Gasteiger partial charge in [0.25, 0.3) is 0 Å². The second kappa shape index (κ2) is 10.9. The highest BCUT2D eigenvalue weighted by atomic mass is 32.2. The van der Waals surface area contributed by atoms with Crippen molar-refractivity contribution in [2.45, 2.75) is 52.4 Å². The number of ketones is 1. The van der Waals surface area contributed by atoms with E-state index >= 15 is 0 Å². The molecule has 0 aromatic heterocycles. The van der Waals surface area contributed by atoms with Gasteiger partial charge < -0.3 is 15.4 Å². The lowest BCUT2D eigenvalue weighted by Crippen LogP contribution is -2.37. The van der Waals surface area contributed by atoms with Gasteiger partial charge in [-0.2, -0.15) is 5.26 Å². The number of amides is 1. The number of anilines is 1. The van der Waals surface area contributed by atoms with Crippen LogP contribution < -0.4 is 15.4 Å². The van der Waals surface area contributed by atoms with Crippen molar-refractivity contribution >= 4 is 29.1 Å². The summed E-state index contributed by atoms with van der Waals surface area (Å²) in [7, 11) is 1.60. The smallest absolute Gasteiger partial charge is 0.234 e. The zero-order valence-corrected chi connectivity index (χ0v) is 22.8. The van der Waals surface area contributed by atoms with Gasteiger partial charge in [0.1, 0.15) is 5.75 Å². The molecule has 1 aliphatic carbocycles. The first kappa shape index (κ1) is 26.6. The van der Waals surface area contributed by atoms with E-state index in [4.69, 9.17) is 4.74 Å². The number of dihydropyridines is 1. The fourth-order valence-corrected chi connectivity index (χ4v) is 5.77. The molecule has 2 aromatic carbocycles. The fourth-order valence-electron chi connectivity index (χ4n) is 4.91. The molecule has 0 saturated heterocycles. The lowest BCUT2D eigenvalue weighted by molar-refractivity contribution is -0.118. The Kier molecular flexibility index (Phi) is 7.79. The monoisotopic (exact) mass is 515 g/mol. The number of nitrogens with one attached hydrogen (secondary N) is 2. The number of rotatable bonds is 7. The summed E-state index contributed by atoms with van der Waals surface area (Å²) in [6, 6.07) is 17.7. The minimum atomic E-state index is -0.482. The number of benzene rings is 2. The molecule has 2 aromatic rings. The van der Waals surface area contributed by atoms with Crippen LogP contribution in [-0.4, -0.2) is 24.6 Å². The molecule has 1 atom stereocenters. The van der Waals surface area contributed by atoms with Gasteiger partial charge in [0, 0.05) is 23.4 Å². The molecule has 1 amide bonds. The third kappa shape index (κ3) is 5.91. The van der Waals surface area contributed by atoms with E-state index in [1.807, 2.05) is 48.5 Å². The maximum atomic E-state index is 13.3. The van der Waals surface area contributed by atoms with Crippen LogP contribution in [0.5, 0.6) is 5.75 Å². The number of methoxy groups -OCH3 is 1. The molecule has 6 nitrogen and oxygen atoms in total. The highest BCUT2D eigenvalue weighted by Crippen LogP contribution is 2.48. The van der Waals surface area contributed by atoms with Gasteiger partial charge in [-0.1, -0.05) is 63.7 Å². The van der Waals surface area contributed by atoms with Crippen LogP contribution >= 0.6 is 11.8 Å². The first-order chi connectivity index (χ1) is 17.6. The first-order valence-corrected chi connectivity index (χ1v) is 13.4. The summed E-state index contributed by atoms with van der Waals surface area (Å²) in [5.74, 6) is 0.676. The minimum absolute atomic E-state index is 0.0546. The number of hydrogen-bond donors (Lipinski definition) is 2. The first-order valence-electron chi connectivity index (χ1n) is 12.5. The Balaban J connectivity index is 1.60. The number of thioether (sulfide) groups is 1. The average molecular weight is 516 g/mol. The van der Waals surface area contributed by atoms with Gasteiger partial charge in [0.2, 0.25) is 5.91 Å². The summed E-state index contributed by atoms with van der Waals surface area (Å²) in [5.41, 5.74) is 4.56. The zero-order valence-electron chi connectivity index (χ0n) is 22.0. The van der Waals surface area contributed by atoms with E-state index < -0.39 is 5.92 Å². The van der Waals surface area contributed by atoms with Crippen molar-refractivity contribution in [2.24, 2.45) is 5.41 Å². The molecule has 37 heavy (non-hydrogen) atoms. The van der Waals surface area contributed by atoms with E-state index in [9.17, 15) is 14.9 Å². The molecule has 1 aliphatic heterocycles. The van der Waals surface area contributed by atoms with Crippen LogP contribution in [0.15, 0.2) is 70.4 Å². The Hall–Kier alpha value is -3.50. The van der Waals surface area contributed by atoms with Crippen LogP contribution in [0.4, 0.5) is 5.69 Å². The summed E-state index contributed by atoms with van der Waals surface area (Å²) in [5, 5.41) is 17.2. The Morgan fingerprint density at radius 1 is 1.16 bits per heavy atom. The minimum Gasteiger partial charge on any atom is -0.497 e. The number of allylic oxidation sites excluding steroid dienone is 3. The summed E-state index contributed by atoms with van der Waals surface area (Å²) in [6.45, 7) is 8.41. The SMILES string of the molecule is COc1ccc([C@H]2C(C#N)=C(SCC(=O)Nc3ccc(C(C)C)cc3)NC3=C2C(=O)CC(C)(C)C3)cc1. The van der Waals surface area contributed by atoms with Crippen molar-refractivity contribution in [1.82, 2.24) is 5.32 Å².